The van der Waals surface area contributed by atoms with Crippen molar-refractivity contribution in [1.29, 1.82) is 0 Å². The first-order valence-electron chi connectivity index (χ1n) is 7.82. The van der Waals surface area contributed by atoms with Crippen LogP contribution in [0.4, 0.5) is 4.79 Å². The number of nitrogens with zero attached hydrogens (tertiary/aromatic N) is 1. The lowest BCUT2D eigenvalue weighted by molar-refractivity contribution is -0.149. The summed E-state index contributed by atoms with van der Waals surface area (Å²) in [5, 5.41) is 0.558. The summed E-state index contributed by atoms with van der Waals surface area (Å²) in [6.07, 6.45) is 2.00. The van der Waals surface area contributed by atoms with E-state index in [-0.39, 0.29) is 19.2 Å². The molecule has 1 aromatic rings. The van der Waals surface area contributed by atoms with Crippen LogP contribution in [-0.2, 0) is 20.9 Å². The van der Waals surface area contributed by atoms with Crippen molar-refractivity contribution >= 4 is 39.8 Å². The topological polar surface area (TPSA) is 55.8 Å². The van der Waals surface area contributed by atoms with Gasteiger partial charge in [-0.3, -0.25) is 4.90 Å². The summed E-state index contributed by atoms with van der Waals surface area (Å²) < 4.78 is 10.5. The lowest BCUT2D eigenvalue weighted by atomic mass is 10.2. The SMILES string of the molecule is CCOC(=O)[C@H](CCSC)N(CCBr)C(=O)OCc1ccccc1. The molecule has 0 heterocycles. The van der Waals surface area contributed by atoms with Gasteiger partial charge in [-0.15, -0.1) is 0 Å². The second-order valence-corrected chi connectivity index (χ2v) is 6.75. The van der Waals surface area contributed by atoms with Crippen LogP contribution in [0, 0.1) is 0 Å². The first-order chi connectivity index (χ1) is 11.6. The van der Waals surface area contributed by atoms with Crippen LogP contribution >= 0.6 is 27.7 Å². The van der Waals surface area contributed by atoms with E-state index >= 15 is 0 Å². The number of hydrogen-bond donors (Lipinski definition) is 0. The Morgan fingerprint density at radius 1 is 1.25 bits per heavy atom. The van der Waals surface area contributed by atoms with Gasteiger partial charge < -0.3 is 9.47 Å². The molecule has 0 N–H and O–H groups in total. The van der Waals surface area contributed by atoms with Crippen molar-refractivity contribution in [1.82, 2.24) is 4.90 Å². The third-order valence-corrected chi connectivity index (χ3v) is 4.29. The number of esters is 1. The normalized spacial score (nSPS) is 11.6. The monoisotopic (exact) mass is 417 g/mol. The van der Waals surface area contributed by atoms with Crippen molar-refractivity contribution in [3.8, 4) is 0 Å². The van der Waals surface area contributed by atoms with Crippen molar-refractivity contribution in [2.45, 2.75) is 26.0 Å². The summed E-state index contributed by atoms with van der Waals surface area (Å²) in [5.41, 5.74) is 0.904. The van der Waals surface area contributed by atoms with E-state index in [1.807, 2.05) is 36.6 Å². The van der Waals surface area contributed by atoms with Crippen LogP contribution in [0.2, 0.25) is 0 Å². The van der Waals surface area contributed by atoms with Crippen molar-refractivity contribution < 1.29 is 19.1 Å². The Morgan fingerprint density at radius 3 is 2.54 bits per heavy atom. The average molecular weight is 418 g/mol. The molecule has 0 aliphatic heterocycles. The number of alkyl halides is 1. The van der Waals surface area contributed by atoms with Crippen LogP contribution in [0.15, 0.2) is 30.3 Å². The number of carbonyl (C=O) groups excluding carboxylic acids is 2. The lowest BCUT2D eigenvalue weighted by Crippen LogP contribution is -2.47. The molecule has 0 saturated carbocycles. The van der Waals surface area contributed by atoms with Gasteiger partial charge in [0.05, 0.1) is 6.61 Å². The molecule has 0 bridgehead atoms. The van der Waals surface area contributed by atoms with Gasteiger partial charge in [0.2, 0.25) is 0 Å². The molecule has 0 saturated heterocycles. The molecule has 1 aromatic carbocycles. The van der Waals surface area contributed by atoms with Crippen molar-refractivity contribution in [2.75, 3.05) is 30.5 Å². The zero-order chi connectivity index (χ0) is 17.8. The van der Waals surface area contributed by atoms with Gasteiger partial charge in [-0.2, -0.15) is 11.8 Å². The molecule has 0 unspecified atom stereocenters. The minimum atomic E-state index is -0.627. The number of thioether (sulfide) groups is 1. The molecule has 134 valence electrons. The lowest BCUT2D eigenvalue weighted by Gasteiger charge is -2.29. The van der Waals surface area contributed by atoms with Crippen LogP contribution in [0.25, 0.3) is 0 Å². The Balaban J connectivity index is 2.78. The van der Waals surface area contributed by atoms with Crippen LogP contribution < -0.4 is 0 Å². The highest BCUT2D eigenvalue weighted by molar-refractivity contribution is 9.09. The second kappa shape index (κ2) is 12.2. The molecular weight excluding hydrogens is 394 g/mol. The largest absolute Gasteiger partial charge is 0.464 e. The van der Waals surface area contributed by atoms with Gasteiger partial charge in [-0.1, -0.05) is 46.3 Å². The Hall–Kier alpha value is -1.21. The van der Waals surface area contributed by atoms with E-state index in [4.69, 9.17) is 9.47 Å². The predicted octanol–water partition coefficient (Wildman–Crippen LogP) is 3.70. The number of ether oxygens (including phenoxy) is 2. The third kappa shape index (κ3) is 7.13. The van der Waals surface area contributed by atoms with Gasteiger partial charge in [-0.25, -0.2) is 9.59 Å². The fourth-order valence-corrected chi connectivity index (χ4v) is 2.98. The molecular formula is C17H24BrNO4S. The molecule has 5 nitrogen and oxygen atoms in total. The zero-order valence-electron chi connectivity index (χ0n) is 14.1. The van der Waals surface area contributed by atoms with E-state index in [2.05, 4.69) is 15.9 Å². The molecule has 0 aliphatic rings. The molecule has 24 heavy (non-hydrogen) atoms. The van der Waals surface area contributed by atoms with Gasteiger partial charge in [-0.05, 0) is 30.9 Å². The summed E-state index contributed by atoms with van der Waals surface area (Å²) in [7, 11) is 0. The molecule has 1 rings (SSSR count). The molecule has 0 aromatic heterocycles. The Labute approximate surface area is 156 Å². The zero-order valence-corrected chi connectivity index (χ0v) is 16.5. The van der Waals surface area contributed by atoms with E-state index in [1.165, 1.54) is 4.90 Å². The molecule has 0 aliphatic carbocycles. The number of carbonyl (C=O) groups is 2. The van der Waals surface area contributed by atoms with Gasteiger partial charge in [0, 0.05) is 11.9 Å². The molecule has 0 spiro atoms. The van der Waals surface area contributed by atoms with Gasteiger partial charge >= 0.3 is 12.1 Å². The maximum absolute atomic E-state index is 12.5. The van der Waals surface area contributed by atoms with Crippen LogP contribution in [0.3, 0.4) is 0 Å². The third-order valence-electron chi connectivity index (χ3n) is 3.30. The quantitative estimate of drug-likeness (QED) is 0.428. The van der Waals surface area contributed by atoms with E-state index in [1.54, 1.807) is 18.7 Å². The van der Waals surface area contributed by atoms with Crippen LogP contribution in [0.1, 0.15) is 18.9 Å². The van der Waals surface area contributed by atoms with Gasteiger partial charge in [0.25, 0.3) is 0 Å². The smallest absolute Gasteiger partial charge is 0.410 e. The summed E-state index contributed by atoms with van der Waals surface area (Å²) >= 11 is 4.96. The number of benzene rings is 1. The van der Waals surface area contributed by atoms with E-state index in [0.717, 1.165) is 11.3 Å². The molecule has 1 amide bonds. The number of hydrogen-bond acceptors (Lipinski definition) is 5. The Morgan fingerprint density at radius 2 is 1.96 bits per heavy atom. The van der Waals surface area contributed by atoms with Crippen LogP contribution in [-0.4, -0.2) is 53.5 Å². The minimum absolute atomic E-state index is 0.177. The maximum atomic E-state index is 12.5. The first-order valence-corrected chi connectivity index (χ1v) is 10.3. The molecule has 0 fully saturated rings. The highest BCUT2D eigenvalue weighted by Crippen LogP contribution is 2.14. The van der Waals surface area contributed by atoms with E-state index in [0.29, 0.717) is 18.3 Å². The van der Waals surface area contributed by atoms with E-state index in [9.17, 15) is 9.59 Å². The Kier molecular flexibility index (Phi) is 10.6. The van der Waals surface area contributed by atoms with Crippen LogP contribution in [0.5, 0.6) is 0 Å². The molecule has 1 atom stereocenters. The molecule has 7 heteroatoms. The summed E-state index contributed by atoms with van der Waals surface area (Å²) in [6.45, 7) is 2.60. The highest BCUT2D eigenvalue weighted by atomic mass is 79.9. The maximum Gasteiger partial charge on any atom is 0.410 e. The predicted molar refractivity (Wildman–Crippen MR) is 101 cm³/mol. The van der Waals surface area contributed by atoms with Crippen molar-refractivity contribution in [2.24, 2.45) is 0 Å². The summed E-state index contributed by atoms with van der Waals surface area (Å²) in [6, 6.07) is 8.83. The number of amides is 1. The fourth-order valence-electron chi connectivity index (χ4n) is 2.14. The standard InChI is InChI=1S/C17H24BrNO4S/c1-3-22-16(20)15(9-12-24-2)19(11-10-18)17(21)23-13-14-7-5-4-6-8-14/h4-8,15H,3,9-13H2,1-2H3/t15-/m0/s1. The number of rotatable bonds is 10. The average Bonchev–Trinajstić information content (AvgIpc) is 2.60. The summed E-state index contributed by atoms with van der Waals surface area (Å²) in [5.74, 6) is 0.373. The molecule has 0 radical (unpaired) electrons. The van der Waals surface area contributed by atoms with Crippen molar-refractivity contribution in [3.05, 3.63) is 35.9 Å². The van der Waals surface area contributed by atoms with Crippen molar-refractivity contribution in [3.63, 3.8) is 0 Å². The second-order valence-electron chi connectivity index (χ2n) is 4.97. The van der Waals surface area contributed by atoms with Gasteiger partial charge in [0.1, 0.15) is 12.6 Å². The summed E-state index contributed by atoms with van der Waals surface area (Å²) in [4.78, 5) is 26.2. The Bertz CT molecular complexity index is 501. The fraction of sp³-hybridized carbons (Fsp3) is 0.529. The van der Waals surface area contributed by atoms with E-state index < -0.39 is 12.1 Å². The number of halogens is 1. The minimum Gasteiger partial charge on any atom is -0.464 e. The van der Waals surface area contributed by atoms with Gasteiger partial charge in [0.15, 0.2) is 0 Å². The highest BCUT2D eigenvalue weighted by Gasteiger charge is 2.31. The first kappa shape index (κ1) is 20.8.